The zero-order valence-electron chi connectivity index (χ0n) is 27.2. The number of benzene rings is 1. The summed E-state index contributed by atoms with van der Waals surface area (Å²) in [6.07, 6.45) is 5.01. The first-order valence-corrected chi connectivity index (χ1v) is 16.2. The fourth-order valence-electron chi connectivity index (χ4n) is 9.19. The number of allylic oxidation sites excluding steroid dienone is 4. The number of ketones is 2. The molecule has 0 bridgehead atoms. The standard InChI is InChI=1S/C35H42FNO10/c1-5-6-10-30(41)47-35(29(40)20-45-31(42)23-9-7-8-22(16-23)19-46-37(43)44)21(2)15-27-26-12-11-24-17-25(38)13-14-32(24,3)34(26,36)28(39)18-33(27,35)4/h7-9,13-14,16-17,21,26-28,39H,5-6,10-12,15,18-20H2,1-4H3/t21-,26?,27?,28-,32-,33-,34-,35-/m0/s1. The van der Waals surface area contributed by atoms with Crippen molar-refractivity contribution in [2.75, 3.05) is 6.61 Å². The SMILES string of the molecule is CCCCC(=O)O[C@]1(C(=O)COC(=O)c2cccc(CO[N+](=O)[O-])c2)[C@@H](C)CC2C3CCC4=CC(=O)C=C[C@]4(C)[C@@]3(F)[C@@H](O)C[C@@]21C. The Kier molecular flexibility index (Phi) is 9.22. The number of nitrogens with zero attached hydrogens (tertiary/aromatic N) is 1. The number of carbonyl (C=O) groups is 4. The van der Waals surface area contributed by atoms with Crippen molar-refractivity contribution in [2.24, 2.45) is 28.6 Å². The van der Waals surface area contributed by atoms with Crippen LogP contribution in [0.25, 0.3) is 0 Å². The van der Waals surface area contributed by atoms with Gasteiger partial charge in [0.1, 0.15) is 6.61 Å². The summed E-state index contributed by atoms with van der Waals surface area (Å²) in [5.74, 6) is -4.14. The Bertz CT molecular complexity index is 1540. The van der Waals surface area contributed by atoms with E-state index < -0.39 is 75.4 Å². The molecule has 4 aliphatic carbocycles. The quantitative estimate of drug-likeness (QED) is 0.191. The van der Waals surface area contributed by atoms with Crippen molar-refractivity contribution in [1.29, 1.82) is 0 Å². The second-order valence-electron chi connectivity index (χ2n) is 13.9. The van der Waals surface area contributed by atoms with E-state index in [9.17, 15) is 34.4 Å². The number of rotatable bonds is 11. The van der Waals surface area contributed by atoms with Gasteiger partial charge in [-0.15, -0.1) is 10.1 Å². The second-order valence-corrected chi connectivity index (χ2v) is 13.9. The molecule has 0 radical (unpaired) electrons. The Labute approximate surface area is 272 Å². The number of fused-ring (bicyclic) bond motifs is 5. The molecule has 12 heteroatoms. The molecule has 0 spiro atoms. The molecular weight excluding hydrogens is 613 g/mol. The second kappa shape index (κ2) is 12.6. The lowest BCUT2D eigenvalue weighted by atomic mass is 9.44. The fraction of sp³-hybridized carbons (Fsp3) is 0.600. The third-order valence-electron chi connectivity index (χ3n) is 11.4. The molecule has 11 nitrogen and oxygen atoms in total. The molecule has 3 saturated carbocycles. The lowest BCUT2D eigenvalue weighted by molar-refractivity contribution is -0.763. The Hall–Kier alpha value is -3.93. The van der Waals surface area contributed by atoms with Crippen molar-refractivity contribution < 1.29 is 48.1 Å². The number of alkyl halides is 1. The van der Waals surface area contributed by atoms with E-state index >= 15 is 4.39 Å². The number of hydrogen-bond donors (Lipinski definition) is 1. The molecule has 254 valence electrons. The van der Waals surface area contributed by atoms with Crippen LogP contribution in [-0.2, 0) is 35.3 Å². The topological polar surface area (TPSA) is 159 Å². The summed E-state index contributed by atoms with van der Waals surface area (Å²) in [6.45, 7) is 6.03. The molecule has 4 aliphatic rings. The van der Waals surface area contributed by atoms with Crippen molar-refractivity contribution in [3.8, 4) is 0 Å². The molecule has 1 aromatic rings. The van der Waals surface area contributed by atoms with Crippen LogP contribution in [0, 0.1) is 38.7 Å². The van der Waals surface area contributed by atoms with Crippen LogP contribution in [0.1, 0.15) is 88.6 Å². The van der Waals surface area contributed by atoms with Gasteiger partial charge in [-0.1, -0.05) is 51.0 Å². The maximum absolute atomic E-state index is 17.7. The van der Waals surface area contributed by atoms with Crippen molar-refractivity contribution in [2.45, 2.75) is 96.6 Å². The lowest BCUT2D eigenvalue weighted by Gasteiger charge is -2.62. The van der Waals surface area contributed by atoms with Crippen molar-refractivity contribution in [3.63, 3.8) is 0 Å². The van der Waals surface area contributed by atoms with E-state index in [1.54, 1.807) is 26.8 Å². The molecule has 8 atom stereocenters. The molecule has 5 rings (SSSR count). The van der Waals surface area contributed by atoms with Crippen molar-refractivity contribution in [3.05, 3.63) is 69.3 Å². The Balaban J connectivity index is 1.47. The number of esters is 2. The fourth-order valence-corrected chi connectivity index (χ4v) is 9.19. The maximum Gasteiger partial charge on any atom is 0.338 e. The van der Waals surface area contributed by atoms with E-state index in [2.05, 4.69) is 4.84 Å². The van der Waals surface area contributed by atoms with Crippen LogP contribution in [0.15, 0.2) is 48.1 Å². The van der Waals surface area contributed by atoms with Crippen LogP contribution in [0.4, 0.5) is 4.39 Å². The van der Waals surface area contributed by atoms with E-state index in [4.69, 9.17) is 9.47 Å². The van der Waals surface area contributed by atoms with Crippen LogP contribution in [0.3, 0.4) is 0 Å². The number of aliphatic hydroxyl groups excluding tert-OH is 1. The van der Waals surface area contributed by atoms with Gasteiger partial charge in [-0.3, -0.25) is 14.4 Å². The zero-order valence-corrected chi connectivity index (χ0v) is 27.2. The smallest absolute Gasteiger partial charge is 0.338 e. The van der Waals surface area contributed by atoms with E-state index in [1.165, 1.54) is 36.4 Å². The summed E-state index contributed by atoms with van der Waals surface area (Å²) in [7, 11) is 0. The largest absolute Gasteiger partial charge is 0.454 e. The van der Waals surface area contributed by atoms with Gasteiger partial charge < -0.3 is 19.4 Å². The van der Waals surface area contributed by atoms with E-state index in [0.717, 1.165) is 0 Å². The summed E-state index contributed by atoms with van der Waals surface area (Å²) in [5.41, 5.74) is -5.38. The predicted octanol–water partition coefficient (Wildman–Crippen LogP) is 5.21. The minimum absolute atomic E-state index is 0.0356. The highest BCUT2D eigenvalue weighted by Gasteiger charge is 2.77. The average molecular weight is 656 g/mol. The normalized spacial score (nSPS) is 35.5. The third kappa shape index (κ3) is 5.48. The first-order chi connectivity index (χ1) is 22.1. The first-order valence-electron chi connectivity index (χ1n) is 16.2. The Morgan fingerprint density at radius 1 is 1.19 bits per heavy atom. The number of ether oxygens (including phenoxy) is 2. The molecule has 47 heavy (non-hydrogen) atoms. The van der Waals surface area contributed by atoms with Gasteiger partial charge in [0, 0.05) is 29.1 Å². The van der Waals surface area contributed by atoms with Crippen LogP contribution in [-0.4, -0.2) is 57.7 Å². The number of halogens is 1. The minimum Gasteiger partial charge on any atom is -0.454 e. The summed E-state index contributed by atoms with van der Waals surface area (Å²) in [4.78, 5) is 67.9. The average Bonchev–Trinajstić information content (AvgIpc) is 3.24. The first kappa shape index (κ1) is 34.4. The van der Waals surface area contributed by atoms with Crippen molar-refractivity contribution in [1.82, 2.24) is 0 Å². The van der Waals surface area contributed by atoms with Crippen LogP contribution < -0.4 is 0 Å². The number of Topliss-reactive ketones (excluding diaryl/α,β-unsaturated/α-hetero) is 1. The molecule has 1 aromatic carbocycles. The Morgan fingerprint density at radius 2 is 1.94 bits per heavy atom. The third-order valence-corrected chi connectivity index (χ3v) is 11.4. The minimum atomic E-state index is -2.14. The summed E-state index contributed by atoms with van der Waals surface area (Å²) < 4.78 is 29.3. The van der Waals surface area contributed by atoms with Gasteiger partial charge in [0.15, 0.2) is 23.7 Å². The predicted molar refractivity (Wildman–Crippen MR) is 165 cm³/mol. The van der Waals surface area contributed by atoms with Crippen LogP contribution in [0.2, 0.25) is 0 Å². The van der Waals surface area contributed by atoms with Crippen LogP contribution >= 0.6 is 0 Å². The molecule has 0 saturated heterocycles. The monoisotopic (exact) mass is 655 g/mol. The molecule has 0 amide bonds. The number of aliphatic hydroxyl groups is 1. The molecule has 1 N–H and O–H groups in total. The van der Waals surface area contributed by atoms with Gasteiger partial charge in [-0.05, 0) is 74.8 Å². The molecule has 0 aliphatic heterocycles. The van der Waals surface area contributed by atoms with Gasteiger partial charge in [0.25, 0.3) is 5.09 Å². The highest BCUT2D eigenvalue weighted by atomic mass is 19.1. The molecular formula is C35H42FNO10. The van der Waals surface area contributed by atoms with Crippen LogP contribution in [0.5, 0.6) is 0 Å². The van der Waals surface area contributed by atoms with E-state index in [1.807, 2.05) is 6.92 Å². The Morgan fingerprint density at radius 3 is 2.64 bits per heavy atom. The molecule has 0 heterocycles. The zero-order chi connectivity index (χ0) is 34.4. The van der Waals surface area contributed by atoms with E-state index in [-0.39, 0.29) is 30.8 Å². The van der Waals surface area contributed by atoms with Gasteiger partial charge in [-0.25, -0.2) is 9.18 Å². The molecule has 2 unspecified atom stereocenters. The lowest BCUT2D eigenvalue weighted by Crippen LogP contribution is -2.70. The van der Waals surface area contributed by atoms with Gasteiger partial charge in [-0.2, -0.15) is 0 Å². The summed E-state index contributed by atoms with van der Waals surface area (Å²) >= 11 is 0. The number of carbonyl (C=O) groups excluding carboxylic acids is 4. The van der Waals surface area contributed by atoms with Gasteiger partial charge in [0.05, 0.1) is 11.7 Å². The highest BCUT2D eigenvalue weighted by molar-refractivity contribution is 6.01. The van der Waals surface area contributed by atoms with E-state index in [0.29, 0.717) is 43.2 Å². The highest BCUT2D eigenvalue weighted by Crippen LogP contribution is 2.71. The number of unbranched alkanes of at least 4 members (excludes halogenated alkanes) is 1. The maximum atomic E-state index is 17.7. The summed E-state index contributed by atoms with van der Waals surface area (Å²) in [5, 5.41) is 21.4. The number of hydrogen-bond acceptors (Lipinski definition) is 10. The van der Waals surface area contributed by atoms with Gasteiger partial charge >= 0.3 is 11.9 Å². The van der Waals surface area contributed by atoms with Crippen molar-refractivity contribution >= 4 is 23.5 Å². The molecule has 3 fully saturated rings. The molecule has 0 aromatic heterocycles. The van der Waals surface area contributed by atoms with Gasteiger partial charge in [0.2, 0.25) is 5.78 Å². The summed E-state index contributed by atoms with van der Waals surface area (Å²) in [6, 6.07) is 5.80.